The van der Waals surface area contributed by atoms with Gasteiger partial charge in [0.1, 0.15) is 0 Å². The Bertz CT molecular complexity index is 2950. The van der Waals surface area contributed by atoms with E-state index < -0.39 is 0 Å². The van der Waals surface area contributed by atoms with Crippen molar-refractivity contribution in [2.45, 2.75) is 0 Å². The van der Waals surface area contributed by atoms with Gasteiger partial charge in [0, 0.05) is 34.6 Å². The van der Waals surface area contributed by atoms with Crippen molar-refractivity contribution < 1.29 is 0 Å². The minimum atomic E-state index is 0.698. The Morgan fingerprint density at radius 1 is 0.296 bits per heavy atom. The molecule has 8 aromatic carbocycles. The van der Waals surface area contributed by atoms with Crippen LogP contribution in [0.4, 0.5) is 0 Å². The van der Waals surface area contributed by atoms with E-state index in [9.17, 15) is 0 Å². The predicted molar refractivity (Wildman–Crippen MR) is 225 cm³/mol. The van der Waals surface area contributed by atoms with Gasteiger partial charge in [-0.05, 0) is 90.5 Å². The minimum absolute atomic E-state index is 0.698. The summed E-state index contributed by atoms with van der Waals surface area (Å²) in [6, 6.07) is 66.8. The van der Waals surface area contributed by atoms with Gasteiger partial charge in [0.15, 0.2) is 5.82 Å². The number of nitrogens with zero attached hydrogens (tertiary/aromatic N) is 3. The van der Waals surface area contributed by atoms with Crippen LogP contribution in [0.3, 0.4) is 0 Å². The summed E-state index contributed by atoms with van der Waals surface area (Å²) in [5.74, 6) is 0.698. The van der Waals surface area contributed by atoms with Crippen molar-refractivity contribution >= 4 is 32.3 Å². The van der Waals surface area contributed by atoms with Gasteiger partial charge in [-0.3, -0.25) is 4.98 Å². The molecule has 0 aliphatic carbocycles. The van der Waals surface area contributed by atoms with E-state index in [1.165, 1.54) is 49.0 Å². The molecule has 0 atom stereocenters. The first kappa shape index (κ1) is 31.5. The largest absolute Gasteiger partial charge is 0.264 e. The number of fused-ring (bicyclic) bond motifs is 4. The number of hydrogen-bond donors (Lipinski definition) is 0. The second kappa shape index (κ2) is 13.4. The lowest BCUT2D eigenvalue weighted by atomic mass is 9.92. The van der Waals surface area contributed by atoms with Gasteiger partial charge < -0.3 is 0 Å². The number of aromatic nitrogens is 3. The molecule has 10 rings (SSSR count). The van der Waals surface area contributed by atoms with Gasteiger partial charge in [0.05, 0.1) is 11.4 Å². The highest BCUT2D eigenvalue weighted by Crippen LogP contribution is 2.36. The molecule has 0 N–H and O–H groups in total. The molecule has 2 aromatic heterocycles. The van der Waals surface area contributed by atoms with Gasteiger partial charge in [-0.15, -0.1) is 0 Å². The number of pyridine rings is 1. The van der Waals surface area contributed by atoms with E-state index >= 15 is 0 Å². The lowest BCUT2D eigenvalue weighted by molar-refractivity contribution is 1.18. The fourth-order valence-corrected chi connectivity index (χ4v) is 7.56. The topological polar surface area (TPSA) is 38.7 Å². The number of rotatable bonds is 6. The predicted octanol–water partition coefficient (Wildman–Crippen LogP) is 13.3. The van der Waals surface area contributed by atoms with Crippen LogP contribution >= 0.6 is 0 Å². The maximum atomic E-state index is 5.07. The third-order valence-electron chi connectivity index (χ3n) is 10.4. The molecule has 3 nitrogen and oxygen atoms in total. The molecule has 3 heteroatoms. The summed E-state index contributed by atoms with van der Waals surface area (Å²) in [4.78, 5) is 14.4. The third-order valence-corrected chi connectivity index (χ3v) is 10.4. The normalized spacial score (nSPS) is 11.3. The van der Waals surface area contributed by atoms with Crippen LogP contribution in [0.5, 0.6) is 0 Å². The molecule has 2 heterocycles. The Morgan fingerprint density at radius 2 is 0.926 bits per heavy atom. The summed E-state index contributed by atoms with van der Waals surface area (Å²) in [6.45, 7) is 0. The second-order valence-corrected chi connectivity index (χ2v) is 13.7. The highest BCUT2D eigenvalue weighted by molar-refractivity contribution is 6.15. The van der Waals surface area contributed by atoms with E-state index in [2.05, 4.69) is 169 Å². The molecule has 0 unspecified atom stereocenters. The zero-order valence-electron chi connectivity index (χ0n) is 29.4. The van der Waals surface area contributed by atoms with Gasteiger partial charge >= 0.3 is 0 Å². The maximum absolute atomic E-state index is 5.07. The molecule has 0 saturated heterocycles. The Labute approximate surface area is 313 Å². The van der Waals surface area contributed by atoms with Gasteiger partial charge in [-0.25, -0.2) is 9.97 Å². The van der Waals surface area contributed by atoms with Gasteiger partial charge in [-0.1, -0.05) is 158 Å². The number of benzene rings is 8. The summed E-state index contributed by atoms with van der Waals surface area (Å²) in [7, 11) is 0. The van der Waals surface area contributed by atoms with E-state index in [0.717, 1.165) is 44.8 Å². The first-order valence-corrected chi connectivity index (χ1v) is 18.2. The van der Waals surface area contributed by atoms with E-state index in [1.54, 1.807) is 6.20 Å². The minimum Gasteiger partial charge on any atom is -0.264 e. The molecule has 10 aromatic rings. The highest BCUT2D eigenvalue weighted by Gasteiger charge is 2.13. The third kappa shape index (κ3) is 5.88. The van der Waals surface area contributed by atoms with Crippen molar-refractivity contribution in [1.82, 2.24) is 15.0 Å². The Kier molecular flexibility index (Phi) is 7.81. The molecule has 0 saturated carbocycles. The average Bonchev–Trinajstić information content (AvgIpc) is 3.26. The molecule has 0 radical (unpaired) electrons. The fraction of sp³-hybridized carbons (Fsp3) is 0. The number of hydrogen-bond acceptors (Lipinski definition) is 3. The van der Waals surface area contributed by atoms with Crippen molar-refractivity contribution in [3.63, 3.8) is 0 Å². The molecule has 0 aliphatic heterocycles. The van der Waals surface area contributed by atoms with Crippen LogP contribution in [-0.2, 0) is 0 Å². The van der Waals surface area contributed by atoms with Crippen LogP contribution in [0.25, 0.3) is 99.6 Å². The van der Waals surface area contributed by atoms with Crippen LogP contribution < -0.4 is 0 Å². The van der Waals surface area contributed by atoms with Gasteiger partial charge in [0.2, 0.25) is 0 Å². The average molecular weight is 688 g/mol. The lowest BCUT2D eigenvalue weighted by Crippen LogP contribution is -1.96. The maximum Gasteiger partial charge on any atom is 0.160 e. The zero-order valence-corrected chi connectivity index (χ0v) is 29.4. The molecule has 54 heavy (non-hydrogen) atoms. The van der Waals surface area contributed by atoms with Crippen molar-refractivity contribution in [3.8, 4) is 67.3 Å². The van der Waals surface area contributed by atoms with Crippen LogP contribution in [0.15, 0.2) is 200 Å². The zero-order chi connectivity index (χ0) is 35.8. The Balaban J connectivity index is 0.977. The van der Waals surface area contributed by atoms with Crippen molar-refractivity contribution in [2.24, 2.45) is 0 Å². The first-order chi connectivity index (χ1) is 26.7. The van der Waals surface area contributed by atoms with Crippen molar-refractivity contribution in [3.05, 3.63) is 200 Å². The Hall–Kier alpha value is -7.23. The van der Waals surface area contributed by atoms with Crippen LogP contribution in [0.1, 0.15) is 0 Å². The smallest absolute Gasteiger partial charge is 0.160 e. The summed E-state index contributed by atoms with van der Waals surface area (Å²) in [5.41, 5.74) is 11.7. The second-order valence-electron chi connectivity index (χ2n) is 13.7. The molecule has 0 aliphatic rings. The molecule has 0 spiro atoms. The quantitative estimate of drug-likeness (QED) is 0.129. The van der Waals surface area contributed by atoms with Crippen molar-refractivity contribution in [1.29, 1.82) is 0 Å². The lowest BCUT2D eigenvalue weighted by Gasteiger charge is -2.12. The Morgan fingerprint density at radius 3 is 1.69 bits per heavy atom. The monoisotopic (exact) mass is 687 g/mol. The summed E-state index contributed by atoms with van der Waals surface area (Å²) in [6.07, 6.45) is 3.69. The van der Waals surface area contributed by atoms with Gasteiger partial charge in [0.25, 0.3) is 0 Å². The van der Waals surface area contributed by atoms with Crippen LogP contribution in [0.2, 0.25) is 0 Å². The molecular weight excluding hydrogens is 655 g/mol. The molecular formula is C51H33N3. The summed E-state index contributed by atoms with van der Waals surface area (Å²) < 4.78 is 0. The van der Waals surface area contributed by atoms with Crippen LogP contribution in [-0.4, -0.2) is 15.0 Å². The molecule has 0 fully saturated rings. The summed E-state index contributed by atoms with van der Waals surface area (Å²) >= 11 is 0. The van der Waals surface area contributed by atoms with E-state index in [-0.39, 0.29) is 0 Å². The van der Waals surface area contributed by atoms with E-state index in [4.69, 9.17) is 9.97 Å². The summed E-state index contributed by atoms with van der Waals surface area (Å²) in [5, 5.41) is 7.63. The van der Waals surface area contributed by atoms with Gasteiger partial charge in [-0.2, -0.15) is 0 Å². The standard InChI is InChI=1S/C51H33N3/c1-2-9-38(10-3-1)51-53-49(32-50(54-51)43-14-6-13-40(30-43)44-15-8-28-52-33-44)37-24-20-35(21-25-37)34-18-22-36(23-19-34)45-16-7-17-46-47(45)27-26-42-29-39-11-4-5-12-41(39)31-48(42)46/h1-33H. The highest BCUT2D eigenvalue weighted by atomic mass is 14.9. The molecule has 252 valence electrons. The fourth-order valence-electron chi connectivity index (χ4n) is 7.56. The van der Waals surface area contributed by atoms with E-state index in [0.29, 0.717) is 5.82 Å². The van der Waals surface area contributed by atoms with Crippen molar-refractivity contribution in [2.75, 3.05) is 0 Å². The van der Waals surface area contributed by atoms with E-state index in [1.807, 2.05) is 30.5 Å². The SMILES string of the molecule is c1ccc(-c2nc(-c3ccc(-c4ccc(-c5cccc6c5ccc5cc7ccccc7cc56)cc4)cc3)cc(-c3cccc(-c4cccnc4)c3)n2)cc1. The molecule has 0 amide bonds. The van der Waals surface area contributed by atoms with Crippen LogP contribution in [0, 0.1) is 0 Å². The first-order valence-electron chi connectivity index (χ1n) is 18.2. The molecule has 0 bridgehead atoms.